The molecular weight excluding hydrogens is 511 g/mol. The highest BCUT2D eigenvalue weighted by Gasteiger charge is 2.34. The molecule has 3 unspecified atom stereocenters. The molecule has 2 rings (SSSR count). The van der Waals surface area contributed by atoms with Crippen molar-refractivity contribution in [3.63, 3.8) is 0 Å². The number of allylic oxidation sites excluding steroid dienone is 1. The number of thiophene rings is 1. The molecule has 1 heterocycles. The van der Waals surface area contributed by atoms with Crippen LogP contribution in [-0.4, -0.2) is 0 Å². The Labute approximate surface area is 242 Å². The van der Waals surface area contributed by atoms with E-state index >= 15 is 8.78 Å². The first-order valence-corrected chi connectivity index (χ1v) is 16.1. The molecule has 0 aliphatic rings. The van der Waals surface area contributed by atoms with Gasteiger partial charge in [-0.05, 0) is 59.8 Å². The summed E-state index contributed by atoms with van der Waals surface area (Å²) in [5, 5.41) is 0. The normalized spacial score (nSPS) is 16.1. The fourth-order valence-corrected chi connectivity index (χ4v) is 7.39. The third kappa shape index (κ3) is 7.53. The van der Waals surface area contributed by atoms with E-state index < -0.39 is 5.82 Å². The second-order valence-corrected chi connectivity index (χ2v) is 14.0. The van der Waals surface area contributed by atoms with Crippen molar-refractivity contribution in [1.29, 1.82) is 0 Å². The Bertz CT molecular complexity index is 1080. The van der Waals surface area contributed by atoms with Crippen molar-refractivity contribution in [2.75, 3.05) is 0 Å². The van der Waals surface area contributed by atoms with Crippen molar-refractivity contribution >= 4 is 28.9 Å². The van der Waals surface area contributed by atoms with Gasteiger partial charge in [0, 0.05) is 31.2 Å². The van der Waals surface area contributed by atoms with Crippen LogP contribution in [0.3, 0.4) is 0 Å². The molecule has 4 heteroatoms. The average Bonchev–Trinajstić information content (AvgIpc) is 3.29. The molecule has 0 bridgehead atoms. The largest absolute Gasteiger partial charge is 0.206 e. The smallest absolute Gasteiger partial charge is 0.132 e. The number of unbranched alkanes of at least 4 members (excludes halogenated alkanes) is 1. The van der Waals surface area contributed by atoms with Crippen molar-refractivity contribution in [3.8, 4) is 10.4 Å². The van der Waals surface area contributed by atoms with Crippen LogP contribution < -0.4 is 0 Å². The van der Waals surface area contributed by atoms with Crippen LogP contribution in [0.1, 0.15) is 124 Å². The predicted molar refractivity (Wildman–Crippen MR) is 169 cm³/mol. The summed E-state index contributed by atoms with van der Waals surface area (Å²) in [7, 11) is 0. The fourth-order valence-electron chi connectivity index (χ4n) is 5.31. The summed E-state index contributed by atoms with van der Waals surface area (Å²) in [6.07, 6.45) is 9.77. The molecule has 0 amide bonds. The monoisotopic (exact) mass is 562 g/mol. The van der Waals surface area contributed by atoms with Gasteiger partial charge < -0.3 is 0 Å². The van der Waals surface area contributed by atoms with Crippen LogP contribution in [0.4, 0.5) is 8.78 Å². The lowest BCUT2D eigenvalue weighted by molar-refractivity contribution is 0.300. The van der Waals surface area contributed by atoms with Crippen LogP contribution in [0.2, 0.25) is 0 Å². The lowest BCUT2D eigenvalue weighted by Crippen LogP contribution is -2.28. The van der Waals surface area contributed by atoms with E-state index in [1.54, 1.807) is 11.3 Å². The Morgan fingerprint density at radius 1 is 0.974 bits per heavy atom. The SMILES string of the molecule is CCCCC(CC)Cc1cc(-c2cc(F)c(/C(S)=C/C(C)(C)C(C)CC)cc2F)sc1C(C)(CC)C(C)C. The summed E-state index contributed by atoms with van der Waals surface area (Å²) in [4.78, 5) is 2.66. The summed E-state index contributed by atoms with van der Waals surface area (Å²) in [6.45, 7) is 22.2. The van der Waals surface area contributed by atoms with E-state index in [1.807, 2.05) is 6.08 Å². The highest BCUT2D eigenvalue weighted by molar-refractivity contribution is 7.90. The molecule has 0 aliphatic carbocycles. The van der Waals surface area contributed by atoms with Crippen molar-refractivity contribution < 1.29 is 8.78 Å². The van der Waals surface area contributed by atoms with Gasteiger partial charge in [-0.1, -0.05) is 107 Å². The predicted octanol–water partition coefficient (Wildman–Crippen LogP) is 12.1. The highest BCUT2D eigenvalue weighted by atomic mass is 32.1. The van der Waals surface area contributed by atoms with Crippen LogP contribution in [0.5, 0.6) is 0 Å². The van der Waals surface area contributed by atoms with Crippen LogP contribution in [0.25, 0.3) is 15.3 Å². The number of benzene rings is 1. The quantitative estimate of drug-likeness (QED) is 0.217. The number of thiol groups is 1. The van der Waals surface area contributed by atoms with E-state index in [0.717, 1.165) is 30.6 Å². The molecule has 38 heavy (non-hydrogen) atoms. The van der Waals surface area contributed by atoms with Crippen LogP contribution in [0, 0.1) is 34.8 Å². The number of rotatable bonds is 14. The Balaban J connectivity index is 2.61. The van der Waals surface area contributed by atoms with Crippen LogP contribution >= 0.6 is 24.0 Å². The summed E-state index contributed by atoms with van der Waals surface area (Å²) in [5.41, 5.74) is 1.74. The first-order valence-electron chi connectivity index (χ1n) is 14.8. The van der Waals surface area contributed by atoms with E-state index in [9.17, 15) is 0 Å². The summed E-state index contributed by atoms with van der Waals surface area (Å²) < 4.78 is 31.2. The minimum absolute atomic E-state index is 0.00117. The Morgan fingerprint density at radius 3 is 2.16 bits per heavy atom. The molecule has 1 aromatic heterocycles. The Morgan fingerprint density at radius 2 is 1.63 bits per heavy atom. The minimum Gasteiger partial charge on any atom is -0.206 e. The van der Waals surface area contributed by atoms with Crippen molar-refractivity contribution in [1.82, 2.24) is 0 Å². The molecule has 3 atom stereocenters. The van der Waals surface area contributed by atoms with Gasteiger partial charge in [0.15, 0.2) is 0 Å². The van der Waals surface area contributed by atoms with Crippen molar-refractivity contribution in [3.05, 3.63) is 51.9 Å². The molecule has 0 spiro atoms. The van der Waals surface area contributed by atoms with Crippen LogP contribution in [-0.2, 0) is 11.8 Å². The molecule has 0 N–H and O–H groups in total. The second kappa shape index (κ2) is 14.0. The molecule has 0 nitrogen and oxygen atoms in total. The Hall–Kier alpha value is -1.13. The van der Waals surface area contributed by atoms with E-state index in [0.29, 0.717) is 28.2 Å². The topological polar surface area (TPSA) is 0 Å². The number of halogens is 2. The fraction of sp³-hybridized carbons (Fsp3) is 0.647. The minimum atomic E-state index is -0.421. The first kappa shape index (κ1) is 33.1. The molecule has 1 aromatic carbocycles. The maximum atomic E-state index is 15.7. The number of hydrogen-bond donors (Lipinski definition) is 1. The van der Waals surface area contributed by atoms with Gasteiger partial charge in [0.1, 0.15) is 11.6 Å². The lowest BCUT2D eigenvalue weighted by atomic mass is 9.73. The third-order valence-corrected chi connectivity index (χ3v) is 11.2. The van der Waals surface area contributed by atoms with Crippen molar-refractivity contribution in [2.45, 2.75) is 120 Å². The summed E-state index contributed by atoms with van der Waals surface area (Å²) >= 11 is 6.27. The maximum Gasteiger partial charge on any atom is 0.132 e. The molecule has 214 valence electrons. The molecule has 0 radical (unpaired) electrons. The van der Waals surface area contributed by atoms with Gasteiger partial charge in [0.25, 0.3) is 0 Å². The first-order chi connectivity index (χ1) is 17.7. The summed E-state index contributed by atoms with van der Waals surface area (Å²) in [6, 6.07) is 4.89. The molecule has 0 saturated heterocycles. The van der Waals surface area contributed by atoms with E-state index in [1.165, 1.54) is 41.8 Å². The van der Waals surface area contributed by atoms with Gasteiger partial charge in [0.05, 0.1) is 0 Å². The maximum absolute atomic E-state index is 15.7. The van der Waals surface area contributed by atoms with Crippen molar-refractivity contribution in [2.24, 2.45) is 23.2 Å². The zero-order chi connectivity index (χ0) is 28.8. The van der Waals surface area contributed by atoms with Gasteiger partial charge in [-0.25, -0.2) is 8.78 Å². The van der Waals surface area contributed by atoms with Gasteiger partial charge in [-0.2, -0.15) is 0 Å². The average molecular weight is 563 g/mol. The third-order valence-electron chi connectivity index (χ3n) is 9.38. The van der Waals surface area contributed by atoms with E-state index in [-0.39, 0.29) is 22.2 Å². The van der Waals surface area contributed by atoms with Gasteiger partial charge in [-0.3, -0.25) is 0 Å². The Kier molecular flexibility index (Phi) is 12.2. The molecular formula is C34H52F2S2. The number of hydrogen-bond acceptors (Lipinski definition) is 2. The molecule has 0 fully saturated rings. The van der Waals surface area contributed by atoms with Gasteiger partial charge in [-0.15, -0.1) is 24.0 Å². The molecule has 2 aromatic rings. The zero-order valence-electron chi connectivity index (χ0n) is 25.6. The second-order valence-electron chi connectivity index (χ2n) is 12.5. The van der Waals surface area contributed by atoms with E-state index in [4.69, 9.17) is 0 Å². The zero-order valence-corrected chi connectivity index (χ0v) is 27.3. The van der Waals surface area contributed by atoms with Crippen LogP contribution in [0.15, 0.2) is 24.3 Å². The van der Waals surface area contributed by atoms with Gasteiger partial charge >= 0.3 is 0 Å². The molecule has 0 aliphatic heterocycles. The van der Waals surface area contributed by atoms with E-state index in [2.05, 4.69) is 87.9 Å². The highest BCUT2D eigenvalue weighted by Crippen LogP contribution is 2.46. The summed E-state index contributed by atoms with van der Waals surface area (Å²) in [5.74, 6) is 0.651. The molecule has 0 saturated carbocycles. The van der Waals surface area contributed by atoms with Gasteiger partial charge in [0.2, 0.25) is 0 Å². The lowest BCUT2D eigenvalue weighted by Gasteiger charge is -2.33. The standard InChI is InChI=1S/C34H52F2S2/c1-11-15-16-24(13-3)17-25-18-31(38-32(25)34(10,14-4)22(5)6)27-20-28(35)26(19-29(27)36)30(37)21-33(8,9)23(7)12-2/h18-24,37H,11-17H2,1-10H3/b30-21-.